The van der Waals surface area contributed by atoms with Crippen LogP contribution >= 0.6 is 0 Å². The number of amides is 2. The number of alkyl halides is 3. The smallest absolute Gasteiger partial charge is 0.305 e. The van der Waals surface area contributed by atoms with E-state index in [1.165, 1.54) is 6.92 Å². The van der Waals surface area contributed by atoms with Gasteiger partial charge in [0.2, 0.25) is 5.03 Å². The fraction of sp³-hybridized carbons (Fsp3) is 0.471. The molecule has 0 aromatic carbocycles. The minimum Gasteiger partial charge on any atom is -0.305 e. The van der Waals surface area contributed by atoms with E-state index < -0.39 is 38.7 Å². The van der Waals surface area contributed by atoms with Crippen LogP contribution in [-0.2, 0) is 41.9 Å². The second kappa shape index (κ2) is 7.95. The second-order valence-electron chi connectivity index (χ2n) is 6.67. The van der Waals surface area contributed by atoms with Crippen LogP contribution in [0.3, 0.4) is 0 Å². The molecule has 164 valence electrons. The van der Waals surface area contributed by atoms with Gasteiger partial charge in [-0.2, -0.15) is 18.3 Å². The maximum Gasteiger partial charge on any atom is 0.433 e. The van der Waals surface area contributed by atoms with Crippen molar-refractivity contribution in [2.24, 2.45) is 9.50 Å². The summed E-state index contributed by atoms with van der Waals surface area (Å²) in [6.45, 7) is 3.42. The molecule has 0 radical (unpaired) electrons. The van der Waals surface area contributed by atoms with Crippen molar-refractivity contribution in [1.82, 2.24) is 14.8 Å². The van der Waals surface area contributed by atoms with Crippen LogP contribution in [0, 0.1) is 5.82 Å². The molecule has 0 aliphatic heterocycles. The first-order valence-corrected chi connectivity index (χ1v) is 10.8. The average Bonchev–Trinajstić information content (AvgIpc) is 3.26. The second-order valence-corrected chi connectivity index (χ2v) is 8.38. The van der Waals surface area contributed by atoms with E-state index in [1.807, 2.05) is 0 Å². The normalized spacial score (nSPS) is 15.6. The number of pyridine rings is 1. The predicted molar refractivity (Wildman–Crippen MR) is 101 cm³/mol. The van der Waals surface area contributed by atoms with Gasteiger partial charge in [-0.1, -0.05) is 6.92 Å². The Hall–Kier alpha value is -2.54. The number of halogens is 4. The van der Waals surface area contributed by atoms with Gasteiger partial charge in [0.05, 0.1) is 11.9 Å². The number of hydrogen-bond donors (Lipinski definition) is 2. The zero-order valence-electron chi connectivity index (χ0n) is 16.2. The summed E-state index contributed by atoms with van der Waals surface area (Å²) in [4.78, 5) is 16.2. The van der Waals surface area contributed by atoms with E-state index in [1.54, 1.807) is 6.92 Å². The van der Waals surface area contributed by atoms with Crippen LogP contribution in [0.1, 0.15) is 42.8 Å². The molecule has 2 amide bonds. The highest BCUT2D eigenvalue weighted by molar-refractivity contribution is 7.91. The van der Waals surface area contributed by atoms with Gasteiger partial charge in [0, 0.05) is 17.8 Å². The Morgan fingerprint density at radius 3 is 2.63 bits per heavy atom. The number of urea groups is 1. The van der Waals surface area contributed by atoms with E-state index in [0.29, 0.717) is 24.8 Å². The molecule has 1 unspecified atom stereocenters. The van der Waals surface area contributed by atoms with Crippen LogP contribution in [0.4, 0.5) is 28.0 Å². The zero-order chi connectivity index (χ0) is 22.3. The lowest BCUT2D eigenvalue weighted by Gasteiger charge is -2.19. The number of nitrogens with one attached hydrogen (secondary N) is 1. The lowest BCUT2D eigenvalue weighted by molar-refractivity contribution is -0.141. The molecule has 3 N–H and O–H groups in total. The van der Waals surface area contributed by atoms with Crippen molar-refractivity contribution in [1.29, 1.82) is 0 Å². The van der Waals surface area contributed by atoms with Gasteiger partial charge in [0.25, 0.3) is 0 Å². The third-order valence-electron chi connectivity index (χ3n) is 4.68. The molecule has 1 atom stereocenters. The molecule has 3 rings (SSSR count). The van der Waals surface area contributed by atoms with E-state index >= 15 is 0 Å². The largest absolute Gasteiger partial charge is 0.433 e. The summed E-state index contributed by atoms with van der Waals surface area (Å²) in [6, 6.07) is -1.25. The van der Waals surface area contributed by atoms with Gasteiger partial charge in [0.15, 0.2) is 15.7 Å². The molecule has 1 aliphatic carbocycles. The highest BCUT2D eigenvalue weighted by Crippen LogP contribution is 2.39. The van der Waals surface area contributed by atoms with Crippen molar-refractivity contribution in [2.45, 2.75) is 57.3 Å². The molecule has 8 nitrogen and oxygen atoms in total. The number of carbonyl (C=O) groups excluding carboxylic acids is 1. The first kappa shape index (κ1) is 22.2. The molecule has 2 aromatic rings. The first-order chi connectivity index (χ1) is 14.0. The Balaban J connectivity index is 2.05. The SMILES string of the molecule is CCc1c(C(F)(F)F)nc2c(c1NC(=O)N=S(N)(=O)c1nn(CC)cc1F)CCC2. The summed E-state index contributed by atoms with van der Waals surface area (Å²) >= 11 is 0. The maximum atomic E-state index is 14.0. The number of anilines is 1. The fourth-order valence-electron chi connectivity index (χ4n) is 3.39. The first-order valence-electron chi connectivity index (χ1n) is 9.18. The van der Waals surface area contributed by atoms with Crippen molar-refractivity contribution in [3.63, 3.8) is 0 Å². The summed E-state index contributed by atoms with van der Waals surface area (Å²) in [7, 11) is -4.05. The molecule has 0 fully saturated rings. The standard InChI is InChI=1S/C17H20F4N6O2S/c1-3-9-13(10-6-5-7-12(10)23-14(9)17(19,20)21)24-16(28)26-30(22,29)15-11(18)8-27(4-2)25-15/h8H,3-7H2,1-2H3,(H3,22,23,24,26,28,29). The van der Waals surface area contributed by atoms with E-state index in [-0.39, 0.29) is 29.9 Å². The van der Waals surface area contributed by atoms with Crippen LogP contribution < -0.4 is 10.5 Å². The number of carbonyl (C=O) groups is 1. The van der Waals surface area contributed by atoms with Crippen LogP contribution in [0.5, 0.6) is 0 Å². The van der Waals surface area contributed by atoms with Crippen LogP contribution in [-0.4, -0.2) is 25.0 Å². The van der Waals surface area contributed by atoms with E-state index in [0.717, 1.165) is 10.9 Å². The number of rotatable bonds is 4. The molecule has 30 heavy (non-hydrogen) atoms. The highest BCUT2D eigenvalue weighted by atomic mass is 32.2. The zero-order valence-corrected chi connectivity index (χ0v) is 17.0. The Labute approximate surface area is 170 Å². The number of nitrogens with two attached hydrogens (primary N) is 1. The fourth-order valence-corrected chi connectivity index (χ4v) is 4.32. The van der Waals surface area contributed by atoms with Gasteiger partial charge in [-0.05, 0) is 38.2 Å². The average molecular weight is 448 g/mol. The summed E-state index contributed by atoms with van der Waals surface area (Å²) in [5.74, 6) is -1.00. The van der Waals surface area contributed by atoms with Crippen molar-refractivity contribution >= 4 is 21.6 Å². The Morgan fingerprint density at radius 1 is 1.37 bits per heavy atom. The molecule has 0 saturated carbocycles. The Morgan fingerprint density at radius 2 is 2.07 bits per heavy atom. The topological polar surface area (TPSA) is 115 Å². The summed E-state index contributed by atoms with van der Waals surface area (Å²) < 4.78 is 71.5. The molecule has 13 heteroatoms. The molecule has 0 spiro atoms. The van der Waals surface area contributed by atoms with E-state index in [2.05, 4.69) is 19.8 Å². The number of aromatic nitrogens is 3. The van der Waals surface area contributed by atoms with Gasteiger partial charge in [-0.25, -0.2) is 23.5 Å². The van der Waals surface area contributed by atoms with Gasteiger partial charge in [-0.15, -0.1) is 4.36 Å². The molecule has 2 heterocycles. The molecule has 0 saturated heterocycles. The predicted octanol–water partition coefficient (Wildman–Crippen LogP) is 3.44. The summed E-state index contributed by atoms with van der Waals surface area (Å²) in [5, 5.41) is 10.8. The Bertz CT molecular complexity index is 1120. The van der Waals surface area contributed by atoms with Crippen molar-refractivity contribution in [3.05, 3.63) is 34.5 Å². The number of aryl methyl sites for hydroxylation is 2. The van der Waals surface area contributed by atoms with E-state index in [9.17, 15) is 26.6 Å². The molecular formula is C17H20F4N6O2S. The molecule has 2 aromatic heterocycles. The lowest BCUT2D eigenvalue weighted by atomic mass is 10.0. The monoisotopic (exact) mass is 448 g/mol. The number of fused-ring (bicyclic) bond motifs is 1. The Kier molecular flexibility index (Phi) is 5.87. The van der Waals surface area contributed by atoms with Gasteiger partial charge in [-0.3, -0.25) is 4.68 Å². The summed E-state index contributed by atoms with van der Waals surface area (Å²) in [5.41, 5.74) is -0.612. The van der Waals surface area contributed by atoms with Crippen molar-refractivity contribution in [2.75, 3.05) is 5.32 Å². The molecule has 0 bridgehead atoms. The molecular weight excluding hydrogens is 428 g/mol. The minimum absolute atomic E-state index is 0.0573. The van der Waals surface area contributed by atoms with Crippen LogP contribution in [0.2, 0.25) is 0 Å². The minimum atomic E-state index is -4.71. The van der Waals surface area contributed by atoms with Crippen molar-refractivity contribution < 1.29 is 26.6 Å². The third kappa shape index (κ3) is 4.17. The van der Waals surface area contributed by atoms with Crippen molar-refractivity contribution in [3.8, 4) is 0 Å². The van der Waals surface area contributed by atoms with Gasteiger partial charge >= 0.3 is 12.2 Å². The maximum absolute atomic E-state index is 14.0. The van der Waals surface area contributed by atoms with E-state index in [4.69, 9.17) is 5.14 Å². The van der Waals surface area contributed by atoms with Gasteiger partial charge < -0.3 is 5.32 Å². The van der Waals surface area contributed by atoms with Gasteiger partial charge in [0.1, 0.15) is 5.69 Å². The quantitative estimate of drug-likeness (QED) is 0.697. The molecule has 1 aliphatic rings. The third-order valence-corrected chi connectivity index (χ3v) is 5.95. The van der Waals surface area contributed by atoms with Crippen LogP contribution in [0.15, 0.2) is 15.6 Å². The van der Waals surface area contributed by atoms with Crippen LogP contribution in [0.25, 0.3) is 0 Å². The number of hydrogen-bond acceptors (Lipinski definition) is 4. The summed E-state index contributed by atoms with van der Waals surface area (Å²) in [6.07, 6.45) is -2.46. The highest BCUT2D eigenvalue weighted by Gasteiger charge is 2.38. The number of nitrogens with zero attached hydrogens (tertiary/aromatic N) is 4. The lowest BCUT2D eigenvalue weighted by Crippen LogP contribution is -2.22.